The predicted octanol–water partition coefficient (Wildman–Crippen LogP) is 2.10. The van der Waals surface area contributed by atoms with E-state index in [-0.39, 0.29) is 30.2 Å². The Balaban J connectivity index is 2.26. The summed E-state index contributed by atoms with van der Waals surface area (Å²) in [5.41, 5.74) is 0. The van der Waals surface area contributed by atoms with Crippen LogP contribution in [-0.4, -0.2) is 31.1 Å². The average molecular weight is 242 g/mol. The van der Waals surface area contributed by atoms with Crippen LogP contribution in [0.4, 0.5) is 0 Å². The Morgan fingerprint density at radius 3 is 2.12 bits per heavy atom. The van der Waals surface area contributed by atoms with E-state index in [1.807, 2.05) is 0 Å². The third kappa shape index (κ3) is 4.86. The van der Waals surface area contributed by atoms with Crippen LogP contribution in [0.25, 0.3) is 0 Å². The maximum Gasteiger partial charge on any atom is 0.313 e. The molecule has 0 atom stereocenters. The van der Waals surface area contributed by atoms with Gasteiger partial charge in [-0.25, -0.2) is 0 Å². The summed E-state index contributed by atoms with van der Waals surface area (Å²) in [4.78, 5) is 22.9. The lowest BCUT2D eigenvalue weighted by molar-refractivity contribution is -0.153. The summed E-state index contributed by atoms with van der Waals surface area (Å²) in [5.74, 6) is -0.545. The molecular weight excluding hydrogens is 220 g/mol. The maximum atomic E-state index is 11.5. The van der Waals surface area contributed by atoms with Crippen molar-refractivity contribution in [1.82, 2.24) is 0 Å². The number of methoxy groups -OCH3 is 1. The molecule has 1 saturated carbocycles. The van der Waals surface area contributed by atoms with Crippen LogP contribution >= 0.6 is 0 Å². The molecule has 0 aromatic carbocycles. The highest BCUT2D eigenvalue weighted by molar-refractivity contribution is 5.96. The van der Waals surface area contributed by atoms with Gasteiger partial charge in [0.15, 0.2) is 0 Å². The fourth-order valence-electron chi connectivity index (χ4n) is 1.96. The molecule has 4 heteroatoms. The van der Waals surface area contributed by atoms with Crippen LogP contribution in [0.2, 0.25) is 0 Å². The first-order valence-electron chi connectivity index (χ1n) is 6.28. The Morgan fingerprint density at radius 2 is 1.65 bits per heavy atom. The molecule has 1 rings (SSSR count). The number of esters is 1. The molecule has 1 fully saturated rings. The Hall–Kier alpha value is -0.900. The predicted molar refractivity (Wildman–Crippen MR) is 63.6 cm³/mol. The number of ketones is 1. The molecule has 0 N–H and O–H groups in total. The second kappa shape index (κ2) is 6.74. The standard InChI is InChI=1S/C13H22O4/c1-9(2)12(14)8-13(15)17-11-6-4-10(16-3)5-7-11/h9-11H,4-8H2,1-3H3. The Morgan fingerprint density at radius 1 is 1.12 bits per heavy atom. The first-order valence-corrected chi connectivity index (χ1v) is 6.28. The van der Waals surface area contributed by atoms with Gasteiger partial charge < -0.3 is 9.47 Å². The van der Waals surface area contributed by atoms with Gasteiger partial charge in [0, 0.05) is 13.0 Å². The summed E-state index contributed by atoms with van der Waals surface area (Å²) >= 11 is 0. The number of carbonyl (C=O) groups is 2. The molecule has 0 spiro atoms. The van der Waals surface area contributed by atoms with Crippen molar-refractivity contribution in [3.05, 3.63) is 0 Å². The molecule has 17 heavy (non-hydrogen) atoms. The lowest BCUT2D eigenvalue weighted by Gasteiger charge is -2.27. The fraction of sp³-hybridized carbons (Fsp3) is 0.846. The number of hydrogen-bond donors (Lipinski definition) is 0. The third-order valence-electron chi connectivity index (χ3n) is 3.22. The minimum absolute atomic E-state index is 0.0335. The van der Waals surface area contributed by atoms with Gasteiger partial charge in [-0.15, -0.1) is 0 Å². The first-order chi connectivity index (χ1) is 8.02. The van der Waals surface area contributed by atoms with Gasteiger partial charge in [-0.3, -0.25) is 9.59 Å². The SMILES string of the molecule is COC1CCC(OC(=O)CC(=O)C(C)C)CC1. The molecule has 98 valence electrons. The monoisotopic (exact) mass is 242 g/mol. The zero-order valence-corrected chi connectivity index (χ0v) is 10.9. The molecule has 0 amide bonds. The lowest BCUT2D eigenvalue weighted by Crippen LogP contribution is -2.28. The number of carbonyl (C=O) groups excluding carboxylic acids is 2. The summed E-state index contributed by atoms with van der Waals surface area (Å²) in [6, 6.07) is 0. The van der Waals surface area contributed by atoms with Gasteiger partial charge in [0.05, 0.1) is 6.10 Å². The Kier molecular flexibility index (Phi) is 5.62. The molecule has 0 aromatic heterocycles. The van der Waals surface area contributed by atoms with E-state index in [9.17, 15) is 9.59 Å². The normalized spacial score (nSPS) is 24.7. The van der Waals surface area contributed by atoms with Gasteiger partial charge in [0.2, 0.25) is 0 Å². The van der Waals surface area contributed by atoms with Crippen molar-refractivity contribution in [3.8, 4) is 0 Å². The molecule has 0 heterocycles. The third-order valence-corrected chi connectivity index (χ3v) is 3.22. The van der Waals surface area contributed by atoms with Crippen molar-refractivity contribution in [2.24, 2.45) is 5.92 Å². The van der Waals surface area contributed by atoms with Crippen LogP contribution in [0, 0.1) is 5.92 Å². The van der Waals surface area contributed by atoms with Crippen molar-refractivity contribution < 1.29 is 19.1 Å². The molecule has 4 nitrogen and oxygen atoms in total. The van der Waals surface area contributed by atoms with E-state index in [1.165, 1.54) is 0 Å². The van der Waals surface area contributed by atoms with Gasteiger partial charge in [0.25, 0.3) is 0 Å². The number of ether oxygens (including phenoxy) is 2. The summed E-state index contributed by atoms with van der Waals surface area (Å²) in [6.07, 6.45) is 3.68. The van der Waals surface area contributed by atoms with Crippen LogP contribution in [0.3, 0.4) is 0 Å². The smallest absolute Gasteiger partial charge is 0.313 e. The molecule has 0 aromatic rings. The average Bonchev–Trinajstić information content (AvgIpc) is 2.29. The number of hydrogen-bond acceptors (Lipinski definition) is 4. The minimum Gasteiger partial charge on any atom is -0.462 e. The summed E-state index contributed by atoms with van der Waals surface area (Å²) in [5, 5.41) is 0. The molecule has 1 aliphatic carbocycles. The van der Waals surface area contributed by atoms with E-state index in [2.05, 4.69) is 0 Å². The molecular formula is C13H22O4. The zero-order valence-electron chi connectivity index (χ0n) is 10.9. The highest BCUT2D eigenvalue weighted by Crippen LogP contribution is 2.23. The zero-order chi connectivity index (χ0) is 12.8. The second-order valence-electron chi connectivity index (χ2n) is 4.92. The number of Topliss-reactive ketones (excluding diaryl/α,β-unsaturated/α-hetero) is 1. The lowest BCUT2D eigenvalue weighted by atomic mass is 9.95. The van der Waals surface area contributed by atoms with E-state index in [0.29, 0.717) is 6.10 Å². The Bertz CT molecular complexity index is 265. The van der Waals surface area contributed by atoms with Gasteiger partial charge in [-0.1, -0.05) is 13.8 Å². The van der Waals surface area contributed by atoms with E-state index in [0.717, 1.165) is 25.7 Å². The number of rotatable bonds is 5. The summed E-state index contributed by atoms with van der Waals surface area (Å²) in [6.45, 7) is 3.58. The van der Waals surface area contributed by atoms with Gasteiger partial charge >= 0.3 is 5.97 Å². The van der Waals surface area contributed by atoms with E-state index >= 15 is 0 Å². The minimum atomic E-state index is -0.385. The Labute approximate surface area is 103 Å². The van der Waals surface area contributed by atoms with Crippen molar-refractivity contribution in [2.45, 2.75) is 58.2 Å². The van der Waals surface area contributed by atoms with Crippen molar-refractivity contribution in [3.63, 3.8) is 0 Å². The summed E-state index contributed by atoms with van der Waals surface area (Å²) in [7, 11) is 1.71. The van der Waals surface area contributed by atoms with E-state index < -0.39 is 0 Å². The largest absolute Gasteiger partial charge is 0.462 e. The van der Waals surface area contributed by atoms with Gasteiger partial charge in [-0.2, -0.15) is 0 Å². The van der Waals surface area contributed by atoms with Crippen LogP contribution in [-0.2, 0) is 19.1 Å². The summed E-state index contributed by atoms with van der Waals surface area (Å²) < 4.78 is 10.5. The maximum absolute atomic E-state index is 11.5. The van der Waals surface area contributed by atoms with Crippen molar-refractivity contribution in [2.75, 3.05) is 7.11 Å². The molecule has 0 bridgehead atoms. The molecule has 0 unspecified atom stereocenters. The molecule has 1 aliphatic rings. The van der Waals surface area contributed by atoms with E-state index in [1.54, 1.807) is 21.0 Å². The topological polar surface area (TPSA) is 52.6 Å². The first kappa shape index (κ1) is 14.2. The molecule has 0 radical (unpaired) electrons. The highest BCUT2D eigenvalue weighted by atomic mass is 16.5. The van der Waals surface area contributed by atoms with Gasteiger partial charge in [-0.05, 0) is 25.7 Å². The van der Waals surface area contributed by atoms with E-state index in [4.69, 9.17) is 9.47 Å². The van der Waals surface area contributed by atoms with Crippen LogP contribution in [0.5, 0.6) is 0 Å². The highest BCUT2D eigenvalue weighted by Gasteiger charge is 2.24. The fourth-order valence-corrected chi connectivity index (χ4v) is 1.96. The molecule has 0 saturated heterocycles. The quantitative estimate of drug-likeness (QED) is 0.547. The van der Waals surface area contributed by atoms with Crippen LogP contribution in [0.15, 0.2) is 0 Å². The van der Waals surface area contributed by atoms with Gasteiger partial charge in [0.1, 0.15) is 18.3 Å². The van der Waals surface area contributed by atoms with Crippen molar-refractivity contribution >= 4 is 11.8 Å². The molecule has 0 aliphatic heterocycles. The van der Waals surface area contributed by atoms with Crippen molar-refractivity contribution in [1.29, 1.82) is 0 Å². The van der Waals surface area contributed by atoms with Crippen LogP contribution in [0.1, 0.15) is 46.0 Å². The van der Waals surface area contributed by atoms with Crippen LogP contribution < -0.4 is 0 Å². The second-order valence-corrected chi connectivity index (χ2v) is 4.92.